The number of Topliss-reactive ketones (excluding diaryl/α,β-unsaturated/α-hetero) is 1. The third-order valence-electron chi connectivity index (χ3n) is 3.48. The zero-order chi connectivity index (χ0) is 18.6. The van der Waals surface area contributed by atoms with E-state index >= 15 is 0 Å². The van der Waals surface area contributed by atoms with E-state index in [2.05, 4.69) is 5.32 Å². The van der Waals surface area contributed by atoms with Crippen molar-refractivity contribution in [3.8, 4) is 0 Å². The molecule has 2 rings (SSSR count). The topological polar surface area (TPSA) is 75.3 Å². The maximum atomic E-state index is 12.7. The van der Waals surface area contributed by atoms with Crippen LogP contribution in [0.4, 0.5) is 13.2 Å². The van der Waals surface area contributed by atoms with Crippen LogP contribution in [-0.4, -0.2) is 36.9 Å². The summed E-state index contributed by atoms with van der Waals surface area (Å²) in [5, 5.41) is 4.75. The summed E-state index contributed by atoms with van der Waals surface area (Å²) in [4.78, 5) is 35.3. The van der Waals surface area contributed by atoms with Gasteiger partial charge in [-0.1, -0.05) is 24.3 Å². The molecule has 132 valence electrons. The van der Waals surface area contributed by atoms with Crippen molar-refractivity contribution in [2.45, 2.75) is 19.6 Å². The number of carbonyl (C=O) groups excluding carboxylic acids is 3. The van der Waals surface area contributed by atoms with E-state index in [1.165, 1.54) is 24.4 Å². The maximum Gasteiger partial charge on any atom is 0.287 e. The van der Waals surface area contributed by atoms with Gasteiger partial charge in [0.1, 0.15) is 0 Å². The summed E-state index contributed by atoms with van der Waals surface area (Å²) in [6.07, 6.45) is -6.14. The first-order valence-corrected chi connectivity index (χ1v) is 7.33. The van der Waals surface area contributed by atoms with Gasteiger partial charge in [-0.05, 0) is 29.8 Å². The fraction of sp³-hybridized carbons (Fsp3) is 0.235. The number of halogens is 3. The molecule has 0 aliphatic heterocycles. The van der Waals surface area contributed by atoms with Crippen LogP contribution in [0.2, 0.25) is 0 Å². The molecule has 1 atom stereocenters. The summed E-state index contributed by atoms with van der Waals surface area (Å²) in [5.41, 5.74) is 0.654. The number of fused-ring (bicyclic) bond motifs is 1. The highest BCUT2D eigenvalue weighted by Crippen LogP contribution is 2.23. The van der Waals surface area contributed by atoms with Gasteiger partial charge in [-0.25, -0.2) is 13.2 Å². The Labute approximate surface area is 141 Å². The van der Waals surface area contributed by atoms with E-state index in [1.807, 2.05) is 0 Å². The summed E-state index contributed by atoms with van der Waals surface area (Å²) < 4.78 is 36.8. The lowest BCUT2D eigenvalue weighted by Crippen LogP contribution is -2.43. The van der Waals surface area contributed by atoms with Crippen LogP contribution in [0, 0.1) is 0 Å². The van der Waals surface area contributed by atoms with E-state index < -0.39 is 31.1 Å². The second kappa shape index (κ2) is 7.78. The lowest BCUT2D eigenvalue weighted by atomic mass is 9.97. The Morgan fingerprint density at radius 1 is 0.960 bits per heavy atom. The number of rotatable bonds is 6. The highest BCUT2D eigenvalue weighted by atomic mass is 19.3. The van der Waals surface area contributed by atoms with E-state index in [0.717, 1.165) is 0 Å². The van der Waals surface area contributed by atoms with Crippen molar-refractivity contribution < 1.29 is 27.6 Å². The maximum absolute atomic E-state index is 12.7. The number of nitrogens with one attached hydrogen (secondary N) is 2. The van der Waals surface area contributed by atoms with Crippen LogP contribution in [0.5, 0.6) is 0 Å². The first-order chi connectivity index (χ1) is 11.8. The summed E-state index contributed by atoms with van der Waals surface area (Å²) >= 11 is 0. The largest absolute Gasteiger partial charge is 0.343 e. The third kappa shape index (κ3) is 4.34. The van der Waals surface area contributed by atoms with Crippen molar-refractivity contribution in [2.24, 2.45) is 0 Å². The van der Waals surface area contributed by atoms with E-state index in [1.54, 1.807) is 24.3 Å². The van der Waals surface area contributed by atoms with Gasteiger partial charge in [0, 0.05) is 11.1 Å². The van der Waals surface area contributed by atoms with Crippen LogP contribution in [-0.2, 0) is 4.79 Å². The molecule has 0 aromatic heterocycles. The molecular formula is C17H15F3N2O3. The summed E-state index contributed by atoms with van der Waals surface area (Å²) in [6.45, 7) is 0.747. The van der Waals surface area contributed by atoms with Crippen molar-refractivity contribution in [1.29, 1.82) is 0 Å². The third-order valence-corrected chi connectivity index (χ3v) is 3.48. The monoisotopic (exact) mass is 352 g/mol. The fourth-order valence-electron chi connectivity index (χ4n) is 2.33. The van der Waals surface area contributed by atoms with E-state index in [9.17, 15) is 27.6 Å². The second-order valence-electron chi connectivity index (χ2n) is 5.25. The molecule has 0 spiro atoms. The first-order valence-electron chi connectivity index (χ1n) is 7.33. The molecule has 0 saturated carbocycles. The molecule has 0 radical (unpaired) electrons. The van der Waals surface area contributed by atoms with Crippen LogP contribution in [0.3, 0.4) is 0 Å². The van der Waals surface area contributed by atoms with Crippen molar-refractivity contribution in [1.82, 2.24) is 10.6 Å². The quantitative estimate of drug-likeness (QED) is 0.619. The summed E-state index contributed by atoms with van der Waals surface area (Å²) in [6, 6.07) is 9.66. The first kappa shape index (κ1) is 18.4. The Balaban J connectivity index is 2.16. The van der Waals surface area contributed by atoms with Crippen LogP contribution >= 0.6 is 0 Å². The smallest absolute Gasteiger partial charge is 0.287 e. The van der Waals surface area contributed by atoms with E-state index in [-0.39, 0.29) is 11.3 Å². The molecule has 5 nitrogen and oxygen atoms in total. The van der Waals surface area contributed by atoms with Crippen LogP contribution in [0.15, 0.2) is 36.4 Å². The van der Waals surface area contributed by atoms with Gasteiger partial charge >= 0.3 is 0 Å². The predicted molar refractivity (Wildman–Crippen MR) is 85.3 cm³/mol. The Hall–Kier alpha value is -2.90. The number of ketones is 1. The average molecular weight is 352 g/mol. The Morgan fingerprint density at radius 2 is 1.52 bits per heavy atom. The van der Waals surface area contributed by atoms with Gasteiger partial charge in [0.15, 0.2) is 5.78 Å². The number of hydrogen-bond donors (Lipinski definition) is 2. The second-order valence-corrected chi connectivity index (χ2v) is 5.25. The number of benzene rings is 2. The zero-order valence-corrected chi connectivity index (χ0v) is 13.2. The van der Waals surface area contributed by atoms with Gasteiger partial charge < -0.3 is 10.6 Å². The minimum Gasteiger partial charge on any atom is -0.343 e. The average Bonchev–Trinajstić information content (AvgIpc) is 2.58. The fourth-order valence-corrected chi connectivity index (χ4v) is 2.33. The lowest BCUT2D eigenvalue weighted by molar-refractivity contribution is -0.124. The van der Waals surface area contributed by atoms with Gasteiger partial charge in [-0.3, -0.25) is 14.4 Å². The molecule has 2 N–H and O–H groups in total. The molecule has 0 bridgehead atoms. The molecule has 0 aliphatic carbocycles. The number of carbonyl (C=O) groups is 3. The van der Waals surface area contributed by atoms with Gasteiger partial charge in [0.25, 0.3) is 12.3 Å². The van der Waals surface area contributed by atoms with Gasteiger partial charge in [-0.2, -0.15) is 0 Å². The summed E-state index contributed by atoms with van der Waals surface area (Å²) in [7, 11) is 0. The van der Waals surface area contributed by atoms with Gasteiger partial charge in [0.2, 0.25) is 12.2 Å². The molecule has 0 aliphatic rings. The Bertz CT molecular complexity index is 824. The number of alkyl halides is 3. The van der Waals surface area contributed by atoms with Crippen LogP contribution < -0.4 is 10.6 Å². The molecule has 2 amide bonds. The molecule has 0 fully saturated rings. The molecule has 0 saturated heterocycles. The minimum atomic E-state index is -3.34. The molecule has 8 heteroatoms. The Morgan fingerprint density at radius 3 is 2.08 bits per heavy atom. The standard InChI is InChI=1S/C17H15F3N2O3/c1-9(23)10-6-7-13(12-5-3-2-4-11(10)12)17(25)21-8-14(24)22-16(20)15(18)19/h2-7,15-16H,8H2,1H3,(H,21,25)(H,22,24). The van der Waals surface area contributed by atoms with Crippen molar-refractivity contribution in [3.05, 3.63) is 47.5 Å². The summed E-state index contributed by atoms with van der Waals surface area (Å²) in [5.74, 6) is -1.89. The van der Waals surface area contributed by atoms with Crippen LogP contribution in [0.1, 0.15) is 27.6 Å². The van der Waals surface area contributed by atoms with Gasteiger partial charge in [0.05, 0.1) is 6.54 Å². The minimum absolute atomic E-state index is 0.163. The Kier molecular flexibility index (Phi) is 5.74. The van der Waals surface area contributed by atoms with Crippen LogP contribution in [0.25, 0.3) is 10.8 Å². The molecule has 0 heterocycles. The molecule has 2 aromatic rings. The van der Waals surface area contributed by atoms with E-state index in [0.29, 0.717) is 16.3 Å². The highest BCUT2D eigenvalue weighted by Gasteiger charge is 2.21. The predicted octanol–water partition coefficient (Wildman–Crippen LogP) is 2.45. The zero-order valence-electron chi connectivity index (χ0n) is 13.2. The highest BCUT2D eigenvalue weighted by molar-refractivity contribution is 6.14. The molecule has 25 heavy (non-hydrogen) atoms. The normalized spacial score (nSPS) is 12.0. The van der Waals surface area contributed by atoms with Crippen molar-refractivity contribution in [2.75, 3.05) is 6.54 Å². The van der Waals surface area contributed by atoms with E-state index in [4.69, 9.17) is 0 Å². The van der Waals surface area contributed by atoms with Gasteiger partial charge in [-0.15, -0.1) is 0 Å². The molecular weight excluding hydrogens is 337 g/mol. The van der Waals surface area contributed by atoms with Crippen molar-refractivity contribution >= 4 is 28.4 Å². The number of hydrogen-bond acceptors (Lipinski definition) is 3. The van der Waals surface area contributed by atoms with Crippen molar-refractivity contribution in [3.63, 3.8) is 0 Å². The molecule has 2 aromatic carbocycles. The molecule has 1 unspecified atom stereocenters. The number of amides is 2. The SMILES string of the molecule is CC(=O)c1ccc(C(=O)NCC(=O)NC(F)C(F)F)c2ccccc12. The lowest BCUT2D eigenvalue weighted by Gasteiger charge is -2.12.